The molecule has 226 valence electrons. The molecule has 14 heteroatoms. The number of para-hydroxylation sites is 1. The molecular formula is C29H19F9N2O3. The summed E-state index contributed by atoms with van der Waals surface area (Å²) in [5.41, 5.74) is -7.09. The van der Waals surface area contributed by atoms with Gasteiger partial charge < -0.3 is 14.6 Å². The van der Waals surface area contributed by atoms with Crippen LogP contribution < -0.4 is 15.6 Å². The van der Waals surface area contributed by atoms with Crippen LogP contribution in [0.3, 0.4) is 0 Å². The van der Waals surface area contributed by atoms with Gasteiger partial charge in [-0.3, -0.25) is 9.59 Å². The van der Waals surface area contributed by atoms with Crippen LogP contribution in [-0.4, -0.2) is 17.1 Å². The van der Waals surface area contributed by atoms with E-state index >= 15 is 0 Å². The molecule has 0 radical (unpaired) electrons. The second-order valence-corrected chi connectivity index (χ2v) is 9.89. The summed E-state index contributed by atoms with van der Waals surface area (Å²) in [6.45, 7) is 0.762. The summed E-state index contributed by atoms with van der Waals surface area (Å²) in [6, 6.07) is 7.89. The van der Waals surface area contributed by atoms with Crippen molar-refractivity contribution in [1.82, 2.24) is 9.88 Å². The summed E-state index contributed by atoms with van der Waals surface area (Å²) in [7, 11) is 0. The number of hydrogen-bond donors (Lipinski definition) is 1. The number of alkyl halides is 9. The van der Waals surface area contributed by atoms with E-state index in [0.717, 1.165) is 16.7 Å². The minimum Gasteiger partial charge on any atom is -0.490 e. The maximum absolute atomic E-state index is 13.7. The van der Waals surface area contributed by atoms with Crippen LogP contribution in [0.1, 0.15) is 38.2 Å². The lowest BCUT2D eigenvalue weighted by Gasteiger charge is -2.24. The number of carbonyl (C=O) groups is 1. The van der Waals surface area contributed by atoms with Gasteiger partial charge in [0.2, 0.25) is 0 Å². The average Bonchev–Trinajstić information content (AvgIpc) is 2.91. The molecule has 0 fully saturated rings. The van der Waals surface area contributed by atoms with Crippen LogP contribution in [0.25, 0.3) is 22.0 Å². The molecule has 5 nitrogen and oxygen atoms in total. The Balaban J connectivity index is 1.73. The van der Waals surface area contributed by atoms with E-state index in [1.165, 1.54) is 31.2 Å². The van der Waals surface area contributed by atoms with E-state index in [1.807, 2.05) is 0 Å². The summed E-state index contributed by atoms with van der Waals surface area (Å²) in [6.07, 6.45) is -15.1. The molecule has 0 spiro atoms. The Morgan fingerprint density at radius 1 is 0.860 bits per heavy atom. The van der Waals surface area contributed by atoms with Crippen molar-refractivity contribution >= 4 is 16.8 Å². The number of pyridine rings is 1. The van der Waals surface area contributed by atoms with E-state index in [1.54, 1.807) is 0 Å². The lowest BCUT2D eigenvalue weighted by Crippen LogP contribution is -2.36. The first-order chi connectivity index (χ1) is 19.9. The predicted octanol–water partition coefficient (Wildman–Crippen LogP) is 7.36. The smallest absolute Gasteiger partial charge is 0.416 e. The molecule has 1 amide bonds. The van der Waals surface area contributed by atoms with Gasteiger partial charge in [0.05, 0.1) is 28.8 Å². The number of benzene rings is 3. The number of nitrogens with zero attached hydrogens (tertiary/aromatic N) is 1. The normalized spacial score (nSPS) is 13.6. The van der Waals surface area contributed by atoms with E-state index in [4.69, 9.17) is 4.74 Å². The number of amides is 1. The molecule has 0 saturated carbocycles. The van der Waals surface area contributed by atoms with Crippen molar-refractivity contribution in [2.75, 3.05) is 6.61 Å². The van der Waals surface area contributed by atoms with Crippen molar-refractivity contribution in [3.8, 4) is 16.9 Å². The Labute approximate surface area is 236 Å². The number of aromatic nitrogens is 1. The fourth-order valence-corrected chi connectivity index (χ4v) is 5.07. The molecular weight excluding hydrogens is 595 g/mol. The predicted molar refractivity (Wildman–Crippen MR) is 136 cm³/mol. The topological polar surface area (TPSA) is 60.3 Å². The summed E-state index contributed by atoms with van der Waals surface area (Å²) in [4.78, 5) is 27.3. The van der Waals surface area contributed by atoms with Gasteiger partial charge in [0.1, 0.15) is 17.9 Å². The summed E-state index contributed by atoms with van der Waals surface area (Å²) in [5.74, 6) is -1.08. The quantitative estimate of drug-likeness (QED) is 0.245. The number of hydrogen-bond acceptors (Lipinski definition) is 3. The number of ether oxygens (including phenoxy) is 1. The zero-order valence-electron chi connectivity index (χ0n) is 21.9. The second kappa shape index (κ2) is 10.3. The van der Waals surface area contributed by atoms with Gasteiger partial charge in [-0.15, -0.1) is 0 Å². The molecule has 0 aliphatic carbocycles. The second-order valence-electron chi connectivity index (χ2n) is 9.89. The lowest BCUT2D eigenvalue weighted by molar-refractivity contribution is -0.143. The Morgan fingerprint density at radius 2 is 1.47 bits per heavy atom. The van der Waals surface area contributed by atoms with E-state index in [0.29, 0.717) is 12.1 Å². The molecule has 0 saturated heterocycles. The Bertz CT molecular complexity index is 1790. The minimum absolute atomic E-state index is 0.00133. The fraction of sp³-hybridized carbons (Fsp3) is 0.241. The summed E-state index contributed by atoms with van der Waals surface area (Å²) in [5, 5.41) is 2.28. The van der Waals surface area contributed by atoms with Crippen LogP contribution >= 0.6 is 0 Å². The molecule has 43 heavy (non-hydrogen) atoms. The van der Waals surface area contributed by atoms with Gasteiger partial charge in [-0.1, -0.05) is 23.8 Å². The monoisotopic (exact) mass is 614 g/mol. The zero-order valence-corrected chi connectivity index (χ0v) is 21.9. The largest absolute Gasteiger partial charge is 0.490 e. The van der Waals surface area contributed by atoms with Crippen LogP contribution in [0.15, 0.2) is 59.4 Å². The summed E-state index contributed by atoms with van der Waals surface area (Å²) < 4.78 is 129. The number of carbonyl (C=O) groups excluding carboxylic acids is 1. The maximum atomic E-state index is 13.7. The third kappa shape index (κ3) is 5.77. The van der Waals surface area contributed by atoms with Crippen LogP contribution in [0.2, 0.25) is 0 Å². The van der Waals surface area contributed by atoms with Crippen molar-refractivity contribution in [2.45, 2.75) is 38.5 Å². The van der Waals surface area contributed by atoms with Crippen LogP contribution in [0, 0.1) is 6.92 Å². The van der Waals surface area contributed by atoms with Gasteiger partial charge in [-0.05, 0) is 54.4 Å². The molecule has 0 bridgehead atoms. The van der Waals surface area contributed by atoms with Crippen LogP contribution in [0.4, 0.5) is 39.5 Å². The highest BCUT2D eigenvalue weighted by Crippen LogP contribution is 2.42. The van der Waals surface area contributed by atoms with Crippen molar-refractivity contribution < 1.29 is 49.0 Å². The van der Waals surface area contributed by atoms with Crippen molar-refractivity contribution in [2.24, 2.45) is 0 Å². The van der Waals surface area contributed by atoms with Crippen LogP contribution in [-0.2, 0) is 31.6 Å². The molecule has 1 N–H and O–H groups in total. The average molecular weight is 614 g/mol. The number of aryl methyl sites for hydroxylation is 1. The van der Waals surface area contributed by atoms with Gasteiger partial charge in [-0.25, -0.2) is 0 Å². The van der Waals surface area contributed by atoms with E-state index in [9.17, 15) is 49.1 Å². The van der Waals surface area contributed by atoms with Crippen LogP contribution in [0.5, 0.6) is 5.75 Å². The highest BCUT2D eigenvalue weighted by molar-refractivity contribution is 6.10. The van der Waals surface area contributed by atoms with Gasteiger partial charge in [-0.2, -0.15) is 39.5 Å². The Hall–Kier alpha value is -4.49. The minimum atomic E-state index is -5.22. The first kappa shape index (κ1) is 30.0. The van der Waals surface area contributed by atoms with Crippen molar-refractivity contribution in [3.05, 3.63) is 98.3 Å². The maximum Gasteiger partial charge on any atom is 0.416 e. The first-order valence-corrected chi connectivity index (χ1v) is 12.5. The Kier molecular flexibility index (Phi) is 7.22. The molecule has 1 aromatic heterocycles. The number of rotatable bonds is 4. The highest BCUT2D eigenvalue weighted by Gasteiger charge is 2.38. The molecule has 1 aliphatic heterocycles. The number of nitrogens with one attached hydrogen (secondary N) is 1. The van der Waals surface area contributed by atoms with E-state index in [-0.39, 0.29) is 47.0 Å². The standard InChI is InChI=1S/C29H19F9N2O3/c1-14-7-15(9-17(8-14)27(30,31)32)13-39-25(41)23-22(16-10-18(28(33,34)35)12-19(11-16)29(36,37)38)20-3-2-4-21-24(20)40(26(23)42)5-6-43-21/h2-4,7-12H,5-6,13H2,1H3,(H,39,41). The van der Waals surface area contributed by atoms with Gasteiger partial charge >= 0.3 is 18.5 Å². The van der Waals surface area contributed by atoms with E-state index in [2.05, 4.69) is 5.32 Å². The number of halogens is 9. The SMILES string of the molecule is Cc1cc(CNC(=O)c2c(-c3cc(C(F)(F)F)cc(C(F)(F)F)c3)c3cccc4c3n(c2=O)CCO4)cc(C(F)(F)F)c1. The molecule has 0 unspecified atom stereocenters. The van der Waals surface area contributed by atoms with Gasteiger partial charge in [0.15, 0.2) is 0 Å². The van der Waals surface area contributed by atoms with Crippen molar-refractivity contribution in [3.63, 3.8) is 0 Å². The zero-order chi connectivity index (χ0) is 31.5. The molecule has 2 heterocycles. The molecule has 5 rings (SSSR count). The Morgan fingerprint density at radius 3 is 2.07 bits per heavy atom. The summed E-state index contributed by atoms with van der Waals surface area (Å²) >= 11 is 0. The van der Waals surface area contributed by atoms with Gasteiger partial charge in [0, 0.05) is 17.5 Å². The molecule has 4 aromatic rings. The van der Waals surface area contributed by atoms with E-state index < -0.39 is 69.9 Å². The third-order valence-corrected chi connectivity index (χ3v) is 6.84. The molecule has 3 aromatic carbocycles. The highest BCUT2D eigenvalue weighted by atomic mass is 19.4. The third-order valence-electron chi connectivity index (χ3n) is 6.84. The lowest BCUT2D eigenvalue weighted by atomic mass is 9.92. The molecule has 0 atom stereocenters. The van der Waals surface area contributed by atoms with Crippen molar-refractivity contribution in [1.29, 1.82) is 0 Å². The first-order valence-electron chi connectivity index (χ1n) is 12.5. The molecule has 1 aliphatic rings. The van der Waals surface area contributed by atoms with Gasteiger partial charge in [0.25, 0.3) is 11.5 Å². The fourth-order valence-electron chi connectivity index (χ4n) is 5.07.